The Morgan fingerprint density at radius 1 is 0.781 bits per heavy atom. The Morgan fingerprint density at radius 2 is 1.16 bits per heavy atom. The molecule has 4 rings (SSSR count). The minimum atomic E-state index is -4.32. The highest BCUT2D eigenvalue weighted by atomic mass is 32.2. The van der Waals surface area contributed by atoms with Crippen molar-refractivity contribution in [1.29, 1.82) is 0 Å². The molecule has 0 bridgehead atoms. The molecular weight excluding hydrogens is 492 g/mol. The molecule has 0 saturated heterocycles. The average molecular weight is 517 g/mol. The van der Waals surface area contributed by atoms with Gasteiger partial charge in [0.1, 0.15) is 0 Å². The van der Waals surface area contributed by atoms with E-state index in [2.05, 4.69) is 22.8 Å². The zero-order chi connectivity index (χ0) is 23.3. The summed E-state index contributed by atoms with van der Waals surface area (Å²) >= 11 is 0. The molecule has 32 heavy (non-hydrogen) atoms. The van der Waals surface area contributed by atoms with Crippen LogP contribution in [0.2, 0.25) is 0 Å². The Morgan fingerprint density at radius 3 is 1.47 bits per heavy atom. The summed E-state index contributed by atoms with van der Waals surface area (Å²) in [5.41, 5.74) is 2.05. The number of hydrogen-bond acceptors (Lipinski definition) is 4. The topological polar surface area (TPSA) is 133 Å². The highest BCUT2D eigenvalue weighted by Gasteiger charge is 2.30. The van der Waals surface area contributed by atoms with Crippen LogP contribution < -0.4 is 0 Å². The average Bonchev–Trinajstić information content (AvgIpc) is 3.27. The normalized spacial score (nSPS) is 25.2. The second kappa shape index (κ2) is 8.73. The molecule has 4 unspecified atom stereocenters. The van der Waals surface area contributed by atoms with Crippen molar-refractivity contribution in [2.24, 2.45) is 8.94 Å². The molecule has 2 aliphatic rings. The first-order valence-electron chi connectivity index (χ1n) is 10.1. The third kappa shape index (κ3) is 4.48. The third-order valence-corrected chi connectivity index (χ3v) is 11.4. The van der Waals surface area contributed by atoms with Crippen LogP contribution in [0.3, 0.4) is 0 Å². The van der Waals surface area contributed by atoms with Crippen molar-refractivity contribution >= 4 is 41.6 Å². The maximum Gasteiger partial charge on any atom is 0.294 e. The molecule has 8 nitrogen and oxygen atoms in total. The van der Waals surface area contributed by atoms with Gasteiger partial charge in [0.2, 0.25) is 0 Å². The van der Waals surface area contributed by atoms with Crippen LogP contribution in [-0.4, -0.2) is 37.4 Å². The van der Waals surface area contributed by atoms with Gasteiger partial charge in [-0.25, -0.2) is 0 Å². The summed E-state index contributed by atoms with van der Waals surface area (Å²) in [7, 11) is -9.96. The molecule has 2 N–H and O–H groups in total. The Balaban J connectivity index is 1.80. The number of rotatable bonds is 5. The molecule has 2 aromatic rings. The molecule has 174 valence electrons. The second-order valence-electron chi connectivity index (χ2n) is 7.79. The van der Waals surface area contributed by atoms with Gasteiger partial charge in [-0.1, -0.05) is 26.0 Å². The van der Waals surface area contributed by atoms with Crippen LogP contribution in [0.15, 0.2) is 64.9 Å². The molecule has 0 aliphatic carbocycles. The fourth-order valence-corrected chi connectivity index (χ4v) is 9.69. The van der Waals surface area contributed by atoms with Crippen LogP contribution in [0, 0.1) is 0 Å². The van der Waals surface area contributed by atoms with Crippen LogP contribution in [0.25, 0.3) is 0 Å². The first kappa shape index (κ1) is 23.7. The van der Waals surface area contributed by atoms with Crippen molar-refractivity contribution in [3.8, 4) is 0 Å². The highest BCUT2D eigenvalue weighted by Crippen LogP contribution is 2.39. The van der Waals surface area contributed by atoms with E-state index < -0.39 is 41.6 Å². The van der Waals surface area contributed by atoms with Crippen LogP contribution >= 0.6 is 0 Å². The lowest BCUT2D eigenvalue weighted by Crippen LogP contribution is -2.00. The molecule has 0 aromatic heterocycles. The van der Waals surface area contributed by atoms with Gasteiger partial charge in [-0.3, -0.25) is 9.11 Å². The molecule has 12 heteroatoms. The number of benzene rings is 2. The number of fused-ring (bicyclic) bond motifs is 2. The molecule has 2 aromatic carbocycles. The Labute approximate surface area is 193 Å². The van der Waals surface area contributed by atoms with E-state index in [9.17, 15) is 25.9 Å². The SMILES string of the molecule is CCC1CS(=NN=S2CC(CC)c3ccc(S(=O)(=O)O)cc32)c2cc(S(=O)(=O)O)ccc21. The van der Waals surface area contributed by atoms with Crippen molar-refractivity contribution in [3.63, 3.8) is 0 Å². The number of nitrogens with zero attached hydrogens (tertiary/aromatic N) is 2. The highest BCUT2D eigenvalue weighted by molar-refractivity contribution is 7.89. The minimum absolute atomic E-state index is 0.154. The van der Waals surface area contributed by atoms with Crippen LogP contribution in [0.1, 0.15) is 49.7 Å². The van der Waals surface area contributed by atoms with Gasteiger partial charge in [-0.2, -0.15) is 16.8 Å². The van der Waals surface area contributed by atoms with E-state index in [0.29, 0.717) is 0 Å². The van der Waals surface area contributed by atoms with Gasteiger partial charge < -0.3 is 0 Å². The Bertz CT molecular complexity index is 1260. The first-order valence-corrected chi connectivity index (χ1v) is 15.7. The van der Waals surface area contributed by atoms with Crippen LogP contribution in [-0.2, 0) is 41.6 Å². The van der Waals surface area contributed by atoms with E-state index in [1.807, 2.05) is 0 Å². The van der Waals surface area contributed by atoms with Crippen molar-refractivity contribution in [1.82, 2.24) is 0 Å². The molecule has 0 amide bonds. The molecule has 0 fully saturated rings. The van der Waals surface area contributed by atoms with Crippen LogP contribution in [0.4, 0.5) is 0 Å². The summed E-state index contributed by atoms with van der Waals surface area (Å²) in [6, 6.07) is 9.29. The van der Waals surface area contributed by atoms with Gasteiger partial charge >= 0.3 is 0 Å². The predicted octanol–water partition coefficient (Wildman–Crippen LogP) is 4.13. The summed E-state index contributed by atoms with van der Waals surface area (Å²) in [4.78, 5) is 1.24. The molecule has 0 saturated carbocycles. The van der Waals surface area contributed by atoms with E-state index in [0.717, 1.165) is 45.3 Å². The summed E-state index contributed by atoms with van der Waals surface area (Å²) in [5, 5.41) is 0. The Hall–Kier alpha value is -1.44. The smallest absolute Gasteiger partial charge is 0.282 e. The quantitative estimate of drug-likeness (QED) is 0.453. The Kier molecular flexibility index (Phi) is 6.47. The monoisotopic (exact) mass is 516 g/mol. The van der Waals surface area contributed by atoms with Gasteiger partial charge in [0, 0.05) is 21.3 Å². The first-order chi connectivity index (χ1) is 15.0. The van der Waals surface area contributed by atoms with E-state index in [1.165, 1.54) is 24.3 Å². The molecule has 0 radical (unpaired) electrons. The van der Waals surface area contributed by atoms with Crippen molar-refractivity contribution in [2.45, 2.75) is 58.1 Å². The zero-order valence-corrected chi connectivity index (χ0v) is 20.8. The van der Waals surface area contributed by atoms with Crippen molar-refractivity contribution in [3.05, 3.63) is 47.5 Å². The van der Waals surface area contributed by atoms with Gasteiger partial charge in [0.05, 0.1) is 9.79 Å². The lowest BCUT2D eigenvalue weighted by Gasteiger charge is -2.06. The van der Waals surface area contributed by atoms with E-state index >= 15 is 0 Å². The summed E-state index contributed by atoms with van der Waals surface area (Å²) < 4.78 is 74.5. The van der Waals surface area contributed by atoms with E-state index in [1.54, 1.807) is 12.1 Å². The fraction of sp³-hybridized carbons (Fsp3) is 0.400. The van der Waals surface area contributed by atoms with Crippen molar-refractivity contribution in [2.75, 3.05) is 11.5 Å². The predicted molar refractivity (Wildman–Crippen MR) is 124 cm³/mol. The summed E-state index contributed by atoms with van der Waals surface area (Å²) in [6.45, 7) is 4.12. The lowest BCUT2D eigenvalue weighted by molar-refractivity contribution is 0.480. The molecule has 0 spiro atoms. The zero-order valence-electron chi connectivity index (χ0n) is 17.5. The largest absolute Gasteiger partial charge is 0.294 e. The second-order valence-corrected chi connectivity index (χ2v) is 14.0. The molecular formula is C20H24N2O6S4. The maximum absolute atomic E-state index is 11.6. The summed E-state index contributed by atoms with van der Waals surface area (Å²) in [5.74, 6) is 1.90. The number of hydrogen-bond donors (Lipinski definition) is 2. The van der Waals surface area contributed by atoms with E-state index in [4.69, 9.17) is 0 Å². The molecule has 4 atom stereocenters. The van der Waals surface area contributed by atoms with Gasteiger partial charge in [-0.15, -0.1) is 8.94 Å². The lowest BCUT2D eigenvalue weighted by atomic mass is 9.99. The summed E-state index contributed by atoms with van der Waals surface area (Å²) in [6.07, 6.45) is 1.75. The van der Waals surface area contributed by atoms with Crippen LogP contribution in [0.5, 0.6) is 0 Å². The minimum Gasteiger partial charge on any atom is -0.282 e. The molecule has 2 heterocycles. The fourth-order valence-electron chi connectivity index (χ4n) is 4.08. The standard InChI is InChI=1S/C20H24N2O6S4/c1-3-13-11-29(19-9-15(31(23,24)25)5-7-17(13)19)21-22-30-12-14(4-2)18-8-6-16(10-20(18)30)32(26,27)28/h5-10,13-14H,3-4,11-12H2,1-2H3,(H,23,24,25)(H,26,27,28). The molecule has 2 aliphatic heterocycles. The van der Waals surface area contributed by atoms with Gasteiger partial charge in [0.25, 0.3) is 20.2 Å². The van der Waals surface area contributed by atoms with Gasteiger partial charge in [-0.05, 0) is 81.5 Å². The van der Waals surface area contributed by atoms with Gasteiger partial charge in [0.15, 0.2) is 0 Å². The van der Waals surface area contributed by atoms with Crippen molar-refractivity contribution < 1.29 is 25.9 Å². The maximum atomic E-state index is 11.6. The van der Waals surface area contributed by atoms with E-state index in [-0.39, 0.29) is 21.6 Å². The third-order valence-electron chi connectivity index (χ3n) is 5.89.